The number of rotatable bonds is 6. The average molecular weight is 287 g/mol. The van der Waals surface area contributed by atoms with Gasteiger partial charge in [0.1, 0.15) is 5.30 Å². The Morgan fingerprint density at radius 1 is 1.21 bits per heavy atom. The molecule has 0 fully saturated rings. The summed E-state index contributed by atoms with van der Waals surface area (Å²) in [6.07, 6.45) is -0.279. The first kappa shape index (κ1) is 15.4. The molecule has 0 aromatic carbocycles. The molecule has 8 nitrogen and oxygen atoms in total. The van der Waals surface area contributed by atoms with Crippen LogP contribution in [-0.2, 0) is 20.0 Å². The van der Waals surface area contributed by atoms with E-state index in [1.165, 1.54) is 0 Å². The fraction of sp³-hybridized carbons (Fsp3) is 0.500. The Balaban J connectivity index is 3.54. The summed E-state index contributed by atoms with van der Waals surface area (Å²) < 4.78 is 22.6. The molecule has 0 amide bonds. The van der Waals surface area contributed by atoms with Crippen molar-refractivity contribution in [1.82, 2.24) is 9.97 Å². The van der Waals surface area contributed by atoms with Gasteiger partial charge in [-0.3, -0.25) is 14.3 Å². The van der Waals surface area contributed by atoms with Crippen LogP contribution in [0.2, 0.25) is 0 Å². The van der Waals surface area contributed by atoms with E-state index in [2.05, 4.69) is 4.98 Å². The lowest BCUT2D eigenvalue weighted by Gasteiger charge is -2.17. The number of nitrogens with zero attached hydrogens (tertiary/aromatic N) is 1. The fourth-order valence-electron chi connectivity index (χ4n) is 1.53. The van der Waals surface area contributed by atoms with Crippen LogP contribution >= 0.6 is 7.60 Å². The van der Waals surface area contributed by atoms with Crippen LogP contribution in [-0.4, -0.2) is 23.2 Å². The largest absolute Gasteiger partial charge is 0.368 e. The monoisotopic (exact) mass is 287 g/mol. The SMILES string of the molecule is CCOP(=O)(OCC)c1c(CC#N)[nH]c(=O)[nH]c1=O. The van der Waals surface area contributed by atoms with Gasteiger partial charge in [-0.25, -0.2) is 4.79 Å². The van der Waals surface area contributed by atoms with Gasteiger partial charge < -0.3 is 14.0 Å². The summed E-state index contributed by atoms with van der Waals surface area (Å²) >= 11 is 0. The van der Waals surface area contributed by atoms with Crippen molar-refractivity contribution in [3.8, 4) is 6.07 Å². The molecule has 0 bridgehead atoms. The first-order valence-electron chi connectivity index (χ1n) is 5.60. The zero-order valence-corrected chi connectivity index (χ0v) is 11.5. The third-order valence-electron chi connectivity index (χ3n) is 2.12. The molecule has 0 unspecified atom stereocenters. The number of hydrogen-bond donors (Lipinski definition) is 2. The molecular weight excluding hydrogens is 273 g/mol. The molecule has 0 saturated carbocycles. The van der Waals surface area contributed by atoms with Crippen molar-refractivity contribution in [2.45, 2.75) is 20.3 Å². The zero-order valence-electron chi connectivity index (χ0n) is 10.6. The number of nitriles is 1. The van der Waals surface area contributed by atoms with Crippen LogP contribution in [0.5, 0.6) is 0 Å². The van der Waals surface area contributed by atoms with Crippen LogP contribution in [0.3, 0.4) is 0 Å². The molecular formula is C10H14N3O5P. The van der Waals surface area contributed by atoms with E-state index in [1.807, 2.05) is 4.98 Å². The Kier molecular flexibility index (Phi) is 5.24. The van der Waals surface area contributed by atoms with Crippen LogP contribution in [0.4, 0.5) is 0 Å². The molecule has 0 saturated heterocycles. The predicted octanol–water partition coefficient (Wildman–Crippen LogP) is 0.0207. The van der Waals surface area contributed by atoms with Gasteiger partial charge in [-0.15, -0.1) is 0 Å². The first-order chi connectivity index (χ1) is 8.98. The summed E-state index contributed by atoms with van der Waals surface area (Å²) in [4.78, 5) is 27.2. The normalized spacial score (nSPS) is 11.2. The van der Waals surface area contributed by atoms with Crippen molar-refractivity contribution in [1.29, 1.82) is 5.26 Å². The van der Waals surface area contributed by atoms with Crippen molar-refractivity contribution in [2.24, 2.45) is 0 Å². The van der Waals surface area contributed by atoms with E-state index >= 15 is 0 Å². The standard InChI is InChI=1S/C10H14N3O5P/c1-3-17-19(16,18-4-2)8-7(5-6-11)12-10(15)13-9(8)14/h3-5H2,1-2H3,(H2,12,13,14,15). The molecule has 1 aromatic heterocycles. The molecule has 1 aromatic rings. The second-order valence-corrected chi connectivity index (χ2v) is 5.36. The van der Waals surface area contributed by atoms with E-state index in [9.17, 15) is 14.2 Å². The van der Waals surface area contributed by atoms with E-state index < -0.39 is 18.8 Å². The summed E-state index contributed by atoms with van der Waals surface area (Å²) in [6.45, 7) is 3.30. The quantitative estimate of drug-likeness (QED) is 0.710. The van der Waals surface area contributed by atoms with Gasteiger partial charge in [-0.2, -0.15) is 5.26 Å². The molecule has 0 atom stereocenters. The number of hydrogen-bond acceptors (Lipinski definition) is 6. The van der Waals surface area contributed by atoms with Crippen LogP contribution in [0.25, 0.3) is 0 Å². The topological polar surface area (TPSA) is 125 Å². The summed E-state index contributed by atoms with van der Waals surface area (Å²) in [5, 5.41) is 8.37. The Morgan fingerprint density at radius 2 is 1.79 bits per heavy atom. The highest BCUT2D eigenvalue weighted by Gasteiger charge is 2.33. The Labute approximate surface area is 108 Å². The summed E-state index contributed by atoms with van der Waals surface area (Å²) in [5.41, 5.74) is -1.71. The first-order valence-corrected chi connectivity index (χ1v) is 7.14. The second kappa shape index (κ2) is 6.48. The van der Waals surface area contributed by atoms with Gasteiger partial charge in [0.25, 0.3) is 5.56 Å². The van der Waals surface area contributed by atoms with Gasteiger partial charge in [0.05, 0.1) is 31.4 Å². The molecule has 0 spiro atoms. The highest BCUT2D eigenvalue weighted by atomic mass is 31.2. The maximum Gasteiger partial charge on any atom is 0.368 e. The van der Waals surface area contributed by atoms with Crippen LogP contribution in [0, 0.1) is 11.3 Å². The van der Waals surface area contributed by atoms with Crippen molar-refractivity contribution in [3.63, 3.8) is 0 Å². The van der Waals surface area contributed by atoms with Gasteiger partial charge >= 0.3 is 13.3 Å². The van der Waals surface area contributed by atoms with Gasteiger partial charge in [0, 0.05) is 0 Å². The van der Waals surface area contributed by atoms with Crippen molar-refractivity contribution in [3.05, 3.63) is 26.5 Å². The number of H-pyrrole nitrogens is 2. The van der Waals surface area contributed by atoms with Crippen molar-refractivity contribution < 1.29 is 13.6 Å². The lowest BCUT2D eigenvalue weighted by atomic mass is 10.3. The Bertz CT molecular complexity index is 632. The molecule has 104 valence electrons. The number of aromatic nitrogens is 2. The molecule has 1 heterocycles. The molecule has 0 aliphatic rings. The zero-order chi connectivity index (χ0) is 14.5. The number of aromatic amines is 2. The van der Waals surface area contributed by atoms with Gasteiger partial charge in [-0.05, 0) is 13.8 Å². The van der Waals surface area contributed by atoms with Crippen molar-refractivity contribution >= 4 is 12.9 Å². The predicted molar refractivity (Wildman–Crippen MR) is 67.5 cm³/mol. The van der Waals surface area contributed by atoms with Crippen LogP contribution < -0.4 is 16.6 Å². The molecule has 1 rings (SSSR count). The van der Waals surface area contributed by atoms with Gasteiger partial charge in [0.15, 0.2) is 0 Å². The van der Waals surface area contributed by atoms with Crippen LogP contribution in [0.1, 0.15) is 19.5 Å². The minimum Gasteiger partial charge on any atom is -0.309 e. The third kappa shape index (κ3) is 3.41. The second-order valence-electron chi connectivity index (χ2n) is 3.40. The average Bonchev–Trinajstić information content (AvgIpc) is 2.28. The Hall–Kier alpha value is -1.68. The highest BCUT2D eigenvalue weighted by molar-refractivity contribution is 7.62. The van der Waals surface area contributed by atoms with Gasteiger partial charge in [-0.1, -0.05) is 0 Å². The van der Waals surface area contributed by atoms with E-state index in [-0.39, 0.29) is 30.6 Å². The van der Waals surface area contributed by atoms with E-state index in [4.69, 9.17) is 14.3 Å². The maximum atomic E-state index is 12.5. The molecule has 9 heteroatoms. The fourth-order valence-corrected chi connectivity index (χ4v) is 3.31. The van der Waals surface area contributed by atoms with E-state index in [0.717, 1.165) is 0 Å². The number of nitrogens with one attached hydrogen (secondary N) is 2. The molecule has 0 aliphatic heterocycles. The summed E-state index contributed by atoms with van der Waals surface area (Å²) in [5.74, 6) is 0. The van der Waals surface area contributed by atoms with E-state index in [1.54, 1.807) is 19.9 Å². The maximum absolute atomic E-state index is 12.5. The molecule has 0 aliphatic carbocycles. The Morgan fingerprint density at radius 3 is 2.26 bits per heavy atom. The molecule has 19 heavy (non-hydrogen) atoms. The lowest BCUT2D eigenvalue weighted by molar-refractivity contribution is 0.229. The summed E-state index contributed by atoms with van der Waals surface area (Å²) in [6, 6.07) is 1.78. The molecule has 0 radical (unpaired) electrons. The molecule has 2 N–H and O–H groups in total. The minimum absolute atomic E-state index is 0.0542. The van der Waals surface area contributed by atoms with Crippen LogP contribution in [0.15, 0.2) is 9.59 Å². The summed E-state index contributed by atoms with van der Waals surface area (Å²) in [7, 11) is -3.86. The lowest BCUT2D eigenvalue weighted by Crippen LogP contribution is -2.39. The van der Waals surface area contributed by atoms with Crippen molar-refractivity contribution in [2.75, 3.05) is 13.2 Å². The van der Waals surface area contributed by atoms with Gasteiger partial charge in [0.2, 0.25) is 0 Å². The smallest absolute Gasteiger partial charge is 0.309 e. The van der Waals surface area contributed by atoms with E-state index in [0.29, 0.717) is 0 Å². The third-order valence-corrected chi connectivity index (χ3v) is 4.34. The highest BCUT2D eigenvalue weighted by Crippen LogP contribution is 2.46. The minimum atomic E-state index is -3.86.